The lowest BCUT2D eigenvalue weighted by molar-refractivity contribution is -0.158. The van der Waals surface area contributed by atoms with E-state index in [1.165, 1.54) is 6.92 Å². The van der Waals surface area contributed by atoms with Crippen LogP contribution in [-0.4, -0.2) is 42.4 Å². The molecule has 0 rings (SSSR count). The van der Waals surface area contributed by atoms with Crippen molar-refractivity contribution in [3.05, 3.63) is 0 Å². The van der Waals surface area contributed by atoms with E-state index in [-0.39, 0.29) is 12.2 Å². The molecule has 0 aliphatic rings. The Labute approximate surface area is 111 Å². The SMILES string of the molecule is CC(=O)CC(=O)OC(C)(C)CN(C)CCC(C)C. The second-order valence-electron chi connectivity index (χ2n) is 6.03. The number of hydrogen-bond donors (Lipinski definition) is 0. The fraction of sp³-hybridized carbons (Fsp3) is 0.857. The highest BCUT2D eigenvalue weighted by Gasteiger charge is 2.25. The van der Waals surface area contributed by atoms with Crippen LogP contribution in [0, 0.1) is 5.92 Å². The summed E-state index contributed by atoms with van der Waals surface area (Å²) in [5.41, 5.74) is -0.557. The first-order chi connectivity index (χ1) is 8.12. The van der Waals surface area contributed by atoms with Gasteiger partial charge in [0.1, 0.15) is 17.8 Å². The molecule has 0 unspecified atom stereocenters. The quantitative estimate of drug-likeness (QED) is 0.494. The van der Waals surface area contributed by atoms with Crippen LogP contribution in [0.2, 0.25) is 0 Å². The molecule has 0 heterocycles. The molecule has 4 heteroatoms. The lowest BCUT2D eigenvalue weighted by Gasteiger charge is -2.30. The van der Waals surface area contributed by atoms with Crippen LogP contribution < -0.4 is 0 Å². The first-order valence-electron chi connectivity index (χ1n) is 6.52. The van der Waals surface area contributed by atoms with Crippen LogP contribution in [0.3, 0.4) is 0 Å². The van der Waals surface area contributed by atoms with Crippen molar-refractivity contribution in [2.24, 2.45) is 5.92 Å². The van der Waals surface area contributed by atoms with Crippen LogP contribution >= 0.6 is 0 Å². The van der Waals surface area contributed by atoms with E-state index in [0.29, 0.717) is 12.5 Å². The molecule has 0 aliphatic carbocycles. The predicted octanol–water partition coefficient (Wildman–Crippen LogP) is 2.27. The number of nitrogens with zero attached hydrogens (tertiary/aromatic N) is 1. The Morgan fingerprint density at radius 3 is 2.28 bits per heavy atom. The van der Waals surface area contributed by atoms with E-state index in [4.69, 9.17) is 4.74 Å². The molecule has 0 saturated heterocycles. The third-order valence-corrected chi connectivity index (χ3v) is 2.52. The van der Waals surface area contributed by atoms with Gasteiger partial charge in [0.2, 0.25) is 0 Å². The van der Waals surface area contributed by atoms with E-state index in [2.05, 4.69) is 18.7 Å². The lowest BCUT2D eigenvalue weighted by atomic mass is 10.1. The van der Waals surface area contributed by atoms with E-state index in [9.17, 15) is 9.59 Å². The van der Waals surface area contributed by atoms with Gasteiger partial charge in [-0.25, -0.2) is 0 Å². The van der Waals surface area contributed by atoms with Gasteiger partial charge in [0.05, 0.1) is 0 Å². The lowest BCUT2D eigenvalue weighted by Crippen LogP contribution is -2.41. The van der Waals surface area contributed by atoms with Gasteiger partial charge in [-0.2, -0.15) is 0 Å². The molecule has 4 nitrogen and oxygen atoms in total. The van der Waals surface area contributed by atoms with Crippen molar-refractivity contribution in [1.82, 2.24) is 4.90 Å². The van der Waals surface area contributed by atoms with E-state index in [0.717, 1.165) is 13.0 Å². The van der Waals surface area contributed by atoms with Crippen molar-refractivity contribution in [3.63, 3.8) is 0 Å². The minimum absolute atomic E-state index is 0.140. The normalized spacial score (nSPS) is 12.0. The standard InChI is InChI=1S/C14H27NO3/c1-11(2)7-8-15(6)10-14(4,5)18-13(17)9-12(3)16/h11H,7-10H2,1-6H3. The molecule has 0 bridgehead atoms. The maximum Gasteiger partial charge on any atom is 0.313 e. The summed E-state index contributed by atoms with van der Waals surface area (Å²) in [5.74, 6) is 0.0598. The third-order valence-electron chi connectivity index (χ3n) is 2.52. The number of carbonyl (C=O) groups excluding carboxylic acids is 2. The summed E-state index contributed by atoms with van der Waals surface area (Å²) >= 11 is 0. The maximum atomic E-state index is 11.5. The zero-order chi connectivity index (χ0) is 14.3. The Morgan fingerprint density at radius 1 is 1.28 bits per heavy atom. The molecule has 0 aromatic carbocycles. The minimum atomic E-state index is -0.557. The van der Waals surface area contributed by atoms with Gasteiger partial charge in [0.15, 0.2) is 0 Å². The number of likely N-dealkylation sites (N-methyl/N-ethyl adjacent to an activating group) is 1. The average Bonchev–Trinajstić information content (AvgIpc) is 2.10. The Balaban J connectivity index is 4.12. The molecule has 0 fully saturated rings. The minimum Gasteiger partial charge on any atom is -0.458 e. The summed E-state index contributed by atoms with van der Waals surface area (Å²) in [6, 6.07) is 0. The number of hydrogen-bond acceptors (Lipinski definition) is 4. The molecule has 0 aromatic rings. The fourth-order valence-electron chi connectivity index (χ4n) is 1.79. The Morgan fingerprint density at radius 2 is 1.83 bits per heavy atom. The van der Waals surface area contributed by atoms with Gasteiger partial charge in [0, 0.05) is 6.54 Å². The highest BCUT2D eigenvalue weighted by molar-refractivity contribution is 5.94. The molecule has 0 radical (unpaired) electrons. The molecule has 0 saturated carbocycles. The molecule has 0 aromatic heterocycles. The second-order valence-corrected chi connectivity index (χ2v) is 6.03. The van der Waals surface area contributed by atoms with Gasteiger partial charge in [-0.3, -0.25) is 9.59 Å². The third kappa shape index (κ3) is 9.16. The van der Waals surface area contributed by atoms with Crippen LogP contribution in [0.4, 0.5) is 0 Å². The molecule has 0 atom stereocenters. The number of ether oxygens (including phenoxy) is 1. The molecule has 0 spiro atoms. The van der Waals surface area contributed by atoms with Crippen molar-refractivity contribution in [2.75, 3.05) is 20.1 Å². The largest absolute Gasteiger partial charge is 0.458 e. The maximum absolute atomic E-state index is 11.5. The summed E-state index contributed by atoms with van der Waals surface area (Å²) in [5, 5.41) is 0. The first-order valence-corrected chi connectivity index (χ1v) is 6.52. The van der Waals surface area contributed by atoms with Gasteiger partial charge in [-0.05, 0) is 46.7 Å². The molecule has 0 amide bonds. The zero-order valence-electron chi connectivity index (χ0n) is 12.6. The number of rotatable bonds is 8. The monoisotopic (exact) mass is 257 g/mol. The predicted molar refractivity (Wildman–Crippen MR) is 72.4 cm³/mol. The van der Waals surface area contributed by atoms with E-state index in [1.54, 1.807) is 0 Å². The van der Waals surface area contributed by atoms with Gasteiger partial charge in [-0.15, -0.1) is 0 Å². The Kier molecular flexibility index (Phi) is 7.14. The van der Waals surface area contributed by atoms with E-state index in [1.807, 2.05) is 20.9 Å². The van der Waals surface area contributed by atoms with Gasteiger partial charge in [-0.1, -0.05) is 13.8 Å². The molecule has 106 valence electrons. The Hall–Kier alpha value is -0.900. The number of ketones is 1. The summed E-state index contributed by atoms with van der Waals surface area (Å²) in [6.07, 6.45) is 0.979. The summed E-state index contributed by atoms with van der Waals surface area (Å²) in [6.45, 7) is 11.2. The van der Waals surface area contributed by atoms with Crippen molar-refractivity contribution in [1.29, 1.82) is 0 Å². The number of carbonyl (C=O) groups is 2. The molecular formula is C14H27NO3. The van der Waals surface area contributed by atoms with Gasteiger partial charge >= 0.3 is 5.97 Å². The fourth-order valence-corrected chi connectivity index (χ4v) is 1.79. The van der Waals surface area contributed by atoms with Gasteiger partial charge in [0.25, 0.3) is 0 Å². The highest BCUT2D eigenvalue weighted by atomic mass is 16.6. The summed E-state index contributed by atoms with van der Waals surface area (Å²) in [7, 11) is 2.02. The topological polar surface area (TPSA) is 46.6 Å². The number of Topliss-reactive ketones (excluding diaryl/α,β-unsaturated/α-hetero) is 1. The van der Waals surface area contributed by atoms with Crippen molar-refractivity contribution in [2.45, 2.75) is 53.1 Å². The van der Waals surface area contributed by atoms with Crippen LogP contribution in [0.5, 0.6) is 0 Å². The van der Waals surface area contributed by atoms with Gasteiger partial charge < -0.3 is 9.64 Å². The summed E-state index contributed by atoms with van der Waals surface area (Å²) < 4.78 is 5.32. The highest BCUT2D eigenvalue weighted by Crippen LogP contribution is 2.13. The van der Waals surface area contributed by atoms with Crippen LogP contribution in [0.15, 0.2) is 0 Å². The molecular weight excluding hydrogens is 230 g/mol. The van der Waals surface area contributed by atoms with Crippen LogP contribution in [0.1, 0.15) is 47.5 Å². The molecule has 18 heavy (non-hydrogen) atoms. The number of esters is 1. The smallest absolute Gasteiger partial charge is 0.313 e. The molecule has 0 N–H and O–H groups in total. The Bertz CT molecular complexity index is 285. The van der Waals surface area contributed by atoms with Crippen molar-refractivity contribution >= 4 is 11.8 Å². The van der Waals surface area contributed by atoms with Crippen molar-refractivity contribution in [3.8, 4) is 0 Å². The van der Waals surface area contributed by atoms with E-state index >= 15 is 0 Å². The average molecular weight is 257 g/mol. The van der Waals surface area contributed by atoms with Crippen LogP contribution in [0.25, 0.3) is 0 Å². The van der Waals surface area contributed by atoms with Crippen LogP contribution in [-0.2, 0) is 14.3 Å². The second kappa shape index (κ2) is 7.52. The zero-order valence-corrected chi connectivity index (χ0v) is 12.6. The first kappa shape index (κ1) is 17.1. The van der Waals surface area contributed by atoms with E-state index < -0.39 is 11.6 Å². The summed E-state index contributed by atoms with van der Waals surface area (Å²) in [4.78, 5) is 24.4. The van der Waals surface area contributed by atoms with Crippen molar-refractivity contribution < 1.29 is 14.3 Å². The molecule has 0 aliphatic heterocycles.